The average Bonchev–Trinajstić information content (AvgIpc) is 2.86. The number of amides is 1. The van der Waals surface area contributed by atoms with Crippen LogP contribution in [-0.2, 0) is 6.42 Å². The largest absolute Gasteiger partial charge is 0.371 e. The van der Waals surface area contributed by atoms with Crippen LogP contribution in [0, 0.1) is 16.0 Å². The number of carbonyl (C=O) groups excluding carboxylic acids is 1. The van der Waals surface area contributed by atoms with Crippen molar-refractivity contribution in [2.75, 3.05) is 29.4 Å². The number of nitrogens with zero attached hydrogens (tertiary/aromatic N) is 3. The van der Waals surface area contributed by atoms with E-state index in [0.717, 1.165) is 43.7 Å². The molecule has 0 N–H and O–H groups in total. The summed E-state index contributed by atoms with van der Waals surface area (Å²) in [5, 5.41) is 11.5. The molecule has 0 aliphatic carbocycles. The molecule has 0 spiro atoms. The fraction of sp³-hybridized carbons (Fsp3) is 0.296. The number of piperidine rings is 1. The second-order valence-electron chi connectivity index (χ2n) is 8.46. The molecule has 1 saturated heterocycles. The Kier molecular flexibility index (Phi) is 7.03. The summed E-state index contributed by atoms with van der Waals surface area (Å²) < 4.78 is 0. The lowest BCUT2D eigenvalue weighted by molar-refractivity contribution is -0.384. The first-order valence-corrected chi connectivity index (χ1v) is 11.5. The van der Waals surface area contributed by atoms with E-state index in [1.54, 1.807) is 11.0 Å². The van der Waals surface area contributed by atoms with Crippen molar-refractivity contribution in [2.24, 2.45) is 5.92 Å². The normalized spacial score (nSPS) is 14.2. The molecular weight excluding hydrogens is 414 g/mol. The van der Waals surface area contributed by atoms with E-state index in [-0.39, 0.29) is 11.6 Å². The van der Waals surface area contributed by atoms with Gasteiger partial charge in [-0.1, -0.05) is 48.5 Å². The van der Waals surface area contributed by atoms with Crippen LogP contribution in [0.4, 0.5) is 17.1 Å². The third-order valence-electron chi connectivity index (χ3n) is 6.37. The Balaban J connectivity index is 1.57. The SMILES string of the molecule is CCN(C(=O)c1cc([N+](=O)[O-])ccc1N1CCC(Cc2ccccc2)CC1)c1ccccc1. The van der Waals surface area contributed by atoms with Crippen LogP contribution in [0.15, 0.2) is 78.9 Å². The van der Waals surface area contributed by atoms with Crippen LogP contribution in [0.1, 0.15) is 35.7 Å². The number of nitro benzene ring substituents is 1. The van der Waals surface area contributed by atoms with E-state index in [0.29, 0.717) is 18.0 Å². The lowest BCUT2D eigenvalue weighted by Gasteiger charge is -2.35. The van der Waals surface area contributed by atoms with Gasteiger partial charge in [0.2, 0.25) is 0 Å². The van der Waals surface area contributed by atoms with Crippen LogP contribution in [0.3, 0.4) is 0 Å². The summed E-state index contributed by atoms with van der Waals surface area (Å²) in [6.45, 7) is 4.04. The van der Waals surface area contributed by atoms with Gasteiger partial charge in [0.15, 0.2) is 0 Å². The van der Waals surface area contributed by atoms with Gasteiger partial charge in [0.25, 0.3) is 11.6 Å². The molecule has 3 aromatic carbocycles. The highest BCUT2D eigenvalue weighted by Crippen LogP contribution is 2.32. The third-order valence-corrected chi connectivity index (χ3v) is 6.37. The monoisotopic (exact) mass is 443 g/mol. The molecule has 1 aliphatic heterocycles. The standard InChI is InChI=1S/C27H29N3O3/c1-2-29(23-11-7-4-8-12-23)27(31)25-20-24(30(32)33)13-14-26(25)28-17-15-22(16-18-28)19-21-9-5-3-6-10-21/h3-14,20,22H,2,15-19H2,1H3. The van der Waals surface area contributed by atoms with Crippen LogP contribution >= 0.6 is 0 Å². The number of rotatable bonds is 7. The minimum atomic E-state index is -0.439. The van der Waals surface area contributed by atoms with Crippen molar-refractivity contribution in [3.63, 3.8) is 0 Å². The molecule has 4 rings (SSSR count). The van der Waals surface area contributed by atoms with E-state index in [2.05, 4.69) is 29.2 Å². The molecule has 0 aromatic heterocycles. The van der Waals surface area contributed by atoms with Gasteiger partial charge in [-0.2, -0.15) is 0 Å². The summed E-state index contributed by atoms with van der Waals surface area (Å²) in [5.41, 5.74) is 3.23. The second kappa shape index (κ2) is 10.3. The molecule has 0 radical (unpaired) electrons. The summed E-state index contributed by atoms with van der Waals surface area (Å²) in [4.78, 5) is 28.5. The van der Waals surface area contributed by atoms with Crippen molar-refractivity contribution in [1.29, 1.82) is 0 Å². The predicted molar refractivity (Wildman–Crippen MR) is 132 cm³/mol. The maximum atomic E-state index is 13.6. The van der Waals surface area contributed by atoms with Crippen molar-refractivity contribution in [3.05, 3.63) is 100 Å². The first-order chi connectivity index (χ1) is 16.1. The zero-order chi connectivity index (χ0) is 23.2. The van der Waals surface area contributed by atoms with E-state index in [1.807, 2.05) is 43.3 Å². The van der Waals surface area contributed by atoms with Gasteiger partial charge in [-0.25, -0.2) is 0 Å². The van der Waals surface area contributed by atoms with Crippen LogP contribution in [-0.4, -0.2) is 30.5 Å². The first kappa shape index (κ1) is 22.5. The number of nitro groups is 1. The van der Waals surface area contributed by atoms with Crippen molar-refractivity contribution in [1.82, 2.24) is 0 Å². The number of hydrogen-bond acceptors (Lipinski definition) is 4. The average molecular weight is 444 g/mol. The maximum Gasteiger partial charge on any atom is 0.270 e. The first-order valence-electron chi connectivity index (χ1n) is 11.5. The molecule has 1 fully saturated rings. The highest BCUT2D eigenvalue weighted by molar-refractivity contribution is 6.10. The zero-order valence-corrected chi connectivity index (χ0v) is 18.9. The number of para-hydroxylation sites is 1. The van der Waals surface area contributed by atoms with E-state index < -0.39 is 4.92 Å². The van der Waals surface area contributed by atoms with Gasteiger partial charge in [0.05, 0.1) is 16.2 Å². The van der Waals surface area contributed by atoms with Crippen molar-refractivity contribution in [2.45, 2.75) is 26.2 Å². The summed E-state index contributed by atoms with van der Waals surface area (Å²) in [5.74, 6) is 0.381. The zero-order valence-electron chi connectivity index (χ0n) is 18.9. The molecule has 0 saturated carbocycles. The van der Waals surface area contributed by atoms with Crippen LogP contribution in [0.25, 0.3) is 0 Å². The van der Waals surface area contributed by atoms with E-state index in [4.69, 9.17) is 0 Å². The number of carbonyl (C=O) groups is 1. The minimum Gasteiger partial charge on any atom is -0.371 e. The van der Waals surface area contributed by atoms with Gasteiger partial charge < -0.3 is 9.80 Å². The Hall–Kier alpha value is -3.67. The van der Waals surface area contributed by atoms with Crippen LogP contribution in [0.2, 0.25) is 0 Å². The van der Waals surface area contributed by atoms with Crippen molar-refractivity contribution >= 4 is 23.0 Å². The summed E-state index contributed by atoms with van der Waals surface area (Å²) in [6.07, 6.45) is 3.10. The molecule has 170 valence electrons. The highest BCUT2D eigenvalue weighted by atomic mass is 16.6. The Bertz CT molecular complexity index is 1090. The minimum absolute atomic E-state index is 0.0646. The summed E-state index contributed by atoms with van der Waals surface area (Å²) in [6, 6.07) is 24.6. The van der Waals surface area contributed by atoms with Gasteiger partial charge in [0.1, 0.15) is 0 Å². The van der Waals surface area contributed by atoms with Crippen LogP contribution < -0.4 is 9.80 Å². The predicted octanol–water partition coefficient (Wildman–Crippen LogP) is 5.72. The molecule has 0 atom stereocenters. The van der Waals surface area contributed by atoms with Gasteiger partial charge in [-0.05, 0) is 55.9 Å². The number of anilines is 2. The van der Waals surface area contributed by atoms with E-state index in [1.165, 1.54) is 17.7 Å². The molecular formula is C27H29N3O3. The molecule has 0 bridgehead atoms. The van der Waals surface area contributed by atoms with Gasteiger partial charge in [-0.3, -0.25) is 14.9 Å². The highest BCUT2D eigenvalue weighted by Gasteiger charge is 2.27. The topological polar surface area (TPSA) is 66.7 Å². The van der Waals surface area contributed by atoms with Crippen molar-refractivity contribution in [3.8, 4) is 0 Å². The lowest BCUT2D eigenvalue weighted by Crippen LogP contribution is -2.37. The maximum absolute atomic E-state index is 13.6. The van der Waals surface area contributed by atoms with Gasteiger partial charge >= 0.3 is 0 Å². The van der Waals surface area contributed by atoms with Gasteiger partial charge in [0, 0.05) is 37.5 Å². The molecule has 33 heavy (non-hydrogen) atoms. The molecule has 1 amide bonds. The summed E-state index contributed by atoms with van der Waals surface area (Å²) >= 11 is 0. The fourth-order valence-electron chi connectivity index (χ4n) is 4.61. The number of hydrogen-bond donors (Lipinski definition) is 0. The number of benzene rings is 3. The molecule has 6 heteroatoms. The summed E-state index contributed by atoms with van der Waals surface area (Å²) in [7, 11) is 0. The van der Waals surface area contributed by atoms with Crippen LogP contribution in [0.5, 0.6) is 0 Å². The van der Waals surface area contributed by atoms with Crippen molar-refractivity contribution < 1.29 is 9.72 Å². The number of non-ortho nitro benzene ring substituents is 1. The molecule has 0 unspecified atom stereocenters. The van der Waals surface area contributed by atoms with E-state index in [9.17, 15) is 14.9 Å². The quantitative estimate of drug-likeness (QED) is 0.346. The smallest absolute Gasteiger partial charge is 0.270 e. The lowest BCUT2D eigenvalue weighted by atomic mass is 9.89. The fourth-order valence-corrected chi connectivity index (χ4v) is 4.61. The van der Waals surface area contributed by atoms with E-state index >= 15 is 0 Å². The second-order valence-corrected chi connectivity index (χ2v) is 8.46. The molecule has 6 nitrogen and oxygen atoms in total. The Morgan fingerprint density at radius 2 is 1.64 bits per heavy atom. The Morgan fingerprint density at radius 1 is 1.00 bits per heavy atom. The third kappa shape index (κ3) is 5.22. The molecule has 1 aliphatic rings. The molecule has 3 aromatic rings. The van der Waals surface area contributed by atoms with Gasteiger partial charge in [-0.15, -0.1) is 0 Å². The Morgan fingerprint density at radius 3 is 2.24 bits per heavy atom. The molecule has 1 heterocycles. The Labute approximate surface area is 194 Å².